The van der Waals surface area contributed by atoms with Gasteiger partial charge in [0.15, 0.2) is 0 Å². The van der Waals surface area contributed by atoms with Crippen LogP contribution in [0.3, 0.4) is 0 Å². The Morgan fingerprint density at radius 3 is 2.35 bits per heavy atom. The largest absolute Gasteiger partial charge is 0.481 e. The molecule has 0 saturated carbocycles. The number of methoxy groups -OCH3 is 1. The molecule has 0 bridgehead atoms. The maximum Gasteiger partial charge on any atom is 0.218 e. The van der Waals surface area contributed by atoms with Crippen LogP contribution in [-0.4, -0.2) is 46.1 Å². The lowest BCUT2D eigenvalue weighted by atomic mass is 9.77. The van der Waals surface area contributed by atoms with Crippen LogP contribution in [0.1, 0.15) is 40.5 Å². The second kappa shape index (κ2) is 5.20. The molecule has 0 amide bonds. The Bertz CT molecular complexity index is 455. The fourth-order valence-electron chi connectivity index (χ4n) is 3.21. The Balaban J connectivity index is 2.13. The average Bonchev–Trinajstić information content (AvgIpc) is 2.35. The van der Waals surface area contributed by atoms with Crippen LogP contribution < -0.4 is 10.1 Å². The molecule has 0 aromatic carbocycles. The van der Waals surface area contributed by atoms with E-state index in [2.05, 4.69) is 54.9 Å². The van der Waals surface area contributed by atoms with Gasteiger partial charge < -0.3 is 10.1 Å². The molecular formula is C15H26N4O. The van der Waals surface area contributed by atoms with Crippen molar-refractivity contribution in [1.82, 2.24) is 14.9 Å². The van der Waals surface area contributed by atoms with Crippen molar-refractivity contribution in [3.05, 3.63) is 12.4 Å². The highest BCUT2D eigenvalue weighted by Gasteiger charge is 2.43. The van der Waals surface area contributed by atoms with Crippen LogP contribution in [-0.2, 0) is 0 Å². The summed E-state index contributed by atoms with van der Waals surface area (Å²) in [4.78, 5) is 10.8. The van der Waals surface area contributed by atoms with Crippen LogP contribution >= 0.6 is 0 Å². The molecule has 2 heterocycles. The van der Waals surface area contributed by atoms with E-state index < -0.39 is 0 Å². The minimum atomic E-state index is 0.163. The standard InChI is InChI=1S/C15H26N4O/c1-14(2)8-11(9-15(3,4)19(14)5)18-12-7-13(20-6)17-10-16-12/h7,10-11H,8-9H2,1-6H3,(H,16,17,18). The van der Waals surface area contributed by atoms with Gasteiger partial charge in [0.25, 0.3) is 0 Å². The molecule has 20 heavy (non-hydrogen) atoms. The number of anilines is 1. The SMILES string of the molecule is COc1cc(NC2CC(C)(C)N(C)C(C)(C)C2)ncn1. The van der Waals surface area contributed by atoms with Crippen molar-refractivity contribution in [2.24, 2.45) is 0 Å². The number of ether oxygens (including phenoxy) is 1. The number of likely N-dealkylation sites (tertiary alicyclic amines) is 1. The molecular weight excluding hydrogens is 252 g/mol. The van der Waals surface area contributed by atoms with Gasteiger partial charge in [-0.2, -0.15) is 0 Å². The number of piperidine rings is 1. The lowest BCUT2D eigenvalue weighted by molar-refractivity contribution is -0.00772. The number of nitrogens with zero attached hydrogens (tertiary/aromatic N) is 3. The van der Waals surface area contributed by atoms with Gasteiger partial charge in [-0.25, -0.2) is 9.97 Å². The van der Waals surface area contributed by atoms with Gasteiger partial charge in [0.2, 0.25) is 5.88 Å². The van der Waals surface area contributed by atoms with Crippen LogP contribution in [0.25, 0.3) is 0 Å². The molecule has 1 saturated heterocycles. The molecule has 0 atom stereocenters. The van der Waals surface area contributed by atoms with Crippen molar-refractivity contribution in [2.45, 2.75) is 57.7 Å². The predicted molar refractivity (Wildman–Crippen MR) is 81.1 cm³/mol. The first-order valence-electron chi connectivity index (χ1n) is 7.11. The number of aromatic nitrogens is 2. The fraction of sp³-hybridized carbons (Fsp3) is 0.733. The Hall–Kier alpha value is -1.36. The van der Waals surface area contributed by atoms with Gasteiger partial charge in [-0.05, 0) is 47.6 Å². The summed E-state index contributed by atoms with van der Waals surface area (Å²) in [5, 5.41) is 3.53. The van der Waals surface area contributed by atoms with Crippen molar-refractivity contribution in [3.63, 3.8) is 0 Å². The summed E-state index contributed by atoms with van der Waals surface area (Å²) < 4.78 is 5.14. The summed E-state index contributed by atoms with van der Waals surface area (Å²) in [6, 6.07) is 2.24. The molecule has 1 fully saturated rings. The number of nitrogens with one attached hydrogen (secondary N) is 1. The van der Waals surface area contributed by atoms with E-state index in [9.17, 15) is 0 Å². The fourth-order valence-corrected chi connectivity index (χ4v) is 3.21. The van der Waals surface area contributed by atoms with Crippen LogP contribution in [0.4, 0.5) is 5.82 Å². The highest BCUT2D eigenvalue weighted by molar-refractivity contribution is 5.38. The predicted octanol–water partition coefficient (Wildman–Crippen LogP) is 2.55. The third kappa shape index (κ3) is 3.03. The highest BCUT2D eigenvalue weighted by atomic mass is 16.5. The summed E-state index contributed by atoms with van der Waals surface area (Å²) in [6.45, 7) is 9.18. The third-order valence-corrected chi connectivity index (χ3v) is 4.51. The second-order valence-electron chi connectivity index (χ2n) is 6.88. The zero-order chi connectivity index (χ0) is 15.0. The zero-order valence-corrected chi connectivity index (χ0v) is 13.4. The Morgan fingerprint density at radius 2 is 1.80 bits per heavy atom. The normalized spacial score (nSPS) is 22.5. The molecule has 1 aromatic heterocycles. The summed E-state index contributed by atoms with van der Waals surface area (Å²) in [5.74, 6) is 1.42. The van der Waals surface area contributed by atoms with Crippen molar-refractivity contribution in [1.29, 1.82) is 0 Å². The van der Waals surface area contributed by atoms with Gasteiger partial charge in [-0.15, -0.1) is 0 Å². The lowest BCUT2D eigenvalue weighted by Gasteiger charge is -2.53. The lowest BCUT2D eigenvalue weighted by Crippen LogP contribution is -2.61. The van der Waals surface area contributed by atoms with E-state index in [0.29, 0.717) is 11.9 Å². The van der Waals surface area contributed by atoms with E-state index in [1.807, 2.05) is 6.07 Å². The van der Waals surface area contributed by atoms with Gasteiger partial charge in [-0.1, -0.05) is 0 Å². The van der Waals surface area contributed by atoms with Crippen molar-refractivity contribution < 1.29 is 4.74 Å². The summed E-state index contributed by atoms with van der Waals surface area (Å²) in [5.41, 5.74) is 0.326. The van der Waals surface area contributed by atoms with Crippen LogP contribution in [0.2, 0.25) is 0 Å². The summed E-state index contributed by atoms with van der Waals surface area (Å²) in [7, 11) is 3.83. The highest BCUT2D eigenvalue weighted by Crippen LogP contribution is 2.37. The maximum atomic E-state index is 5.14. The molecule has 0 spiro atoms. The van der Waals surface area contributed by atoms with E-state index in [1.165, 1.54) is 6.33 Å². The van der Waals surface area contributed by atoms with Gasteiger partial charge in [0.1, 0.15) is 12.1 Å². The Kier molecular flexibility index (Phi) is 3.91. The maximum absolute atomic E-state index is 5.14. The minimum Gasteiger partial charge on any atom is -0.481 e. The first-order valence-corrected chi connectivity index (χ1v) is 7.11. The molecule has 0 aliphatic carbocycles. The first-order chi connectivity index (χ1) is 9.24. The number of hydrogen-bond acceptors (Lipinski definition) is 5. The summed E-state index contributed by atoms with van der Waals surface area (Å²) in [6.07, 6.45) is 3.70. The van der Waals surface area contributed by atoms with Crippen molar-refractivity contribution in [2.75, 3.05) is 19.5 Å². The average molecular weight is 278 g/mol. The van der Waals surface area contributed by atoms with E-state index in [-0.39, 0.29) is 11.1 Å². The molecule has 5 heteroatoms. The zero-order valence-electron chi connectivity index (χ0n) is 13.4. The molecule has 0 unspecified atom stereocenters. The molecule has 0 radical (unpaired) electrons. The van der Waals surface area contributed by atoms with E-state index in [0.717, 1.165) is 18.7 Å². The van der Waals surface area contributed by atoms with E-state index in [4.69, 9.17) is 4.74 Å². The molecule has 1 aromatic rings. The van der Waals surface area contributed by atoms with Crippen LogP contribution in [0, 0.1) is 0 Å². The van der Waals surface area contributed by atoms with Gasteiger partial charge >= 0.3 is 0 Å². The molecule has 5 nitrogen and oxygen atoms in total. The molecule has 1 aliphatic heterocycles. The van der Waals surface area contributed by atoms with Crippen LogP contribution in [0.15, 0.2) is 12.4 Å². The van der Waals surface area contributed by atoms with Gasteiger partial charge in [-0.3, -0.25) is 4.90 Å². The smallest absolute Gasteiger partial charge is 0.218 e. The Morgan fingerprint density at radius 1 is 1.20 bits per heavy atom. The first kappa shape index (κ1) is 15.0. The number of rotatable bonds is 3. The number of hydrogen-bond donors (Lipinski definition) is 1. The van der Waals surface area contributed by atoms with E-state index in [1.54, 1.807) is 7.11 Å². The quantitative estimate of drug-likeness (QED) is 0.921. The monoisotopic (exact) mass is 278 g/mol. The van der Waals surface area contributed by atoms with Crippen LogP contribution in [0.5, 0.6) is 5.88 Å². The molecule has 112 valence electrons. The van der Waals surface area contributed by atoms with Crippen molar-refractivity contribution in [3.8, 4) is 5.88 Å². The van der Waals surface area contributed by atoms with Gasteiger partial charge in [0, 0.05) is 23.2 Å². The minimum absolute atomic E-state index is 0.163. The second-order valence-corrected chi connectivity index (χ2v) is 6.88. The molecule has 1 aliphatic rings. The van der Waals surface area contributed by atoms with E-state index >= 15 is 0 Å². The Labute approximate surface area is 121 Å². The van der Waals surface area contributed by atoms with Gasteiger partial charge in [0.05, 0.1) is 7.11 Å². The summed E-state index contributed by atoms with van der Waals surface area (Å²) >= 11 is 0. The topological polar surface area (TPSA) is 50.3 Å². The van der Waals surface area contributed by atoms with Crippen molar-refractivity contribution >= 4 is 5.82 Å². The third-order valence-electron chi connectivity index (χ3n) is 4.51. The molecule has 1 N–H and O–H groups in total. The molecule has 2 rings (SSSR count).